The van der Waals surface area contributed by atoms with E-state index in [0.29, 0.717) is 22.8 Å². The van der Waals surface area contributed by atoms with Gasteiger partial charge in [0.2, 0.25) is 0 Å². The molecule has 16 nitrogen and oxygen atoms in total. The molecule has 54 heavy (non-hydrogen) atoms. The molecule has 6 rings (SSSR count). The molecule has 0 atom stereocenters. The molecule has 0 saturated heterocycles. The fourth-order valence-corrected chi connectivity index (χ4v) is 5.95. The summed E-state index contributed by atoms with van der Waals surface area (Å²) in [6, 6.07) is 25.3. The zero-order valence-electron chi connectivity index (χ0n) is 29.4. The first-order valence-electron chi connectivity index (χ1n) is 15.2. The van der Waals surface area contributed by atoms with Crippen LogP contribution in [0.1, 0.15) is 11.4 Å². The molecule has 0 aliphatic carbocycles. The van der Waals surface area contributed by atoms with Crippen LogP contribution in [0.15, 0.2) is 137 Å². The largest absolute Gasteiger partial charge is 1.00 e. The molecular formula is C34H32CoN8NaO8S2+. The molecule has 6 aromatic rings. The Morgan fingerprint density at radius 1 is 0.611 bits per heavy atom. The number of nitrogens with zero attached hydrogens (tertiary/aromatic N) is 6. The molecule has 4 aromatic carbocycles. The van der Waals surface area contributed by atoms with Crippen molar-refractivity contribution in [3.63, 3.8) is 0 Å². The summed E-state index contributed by atoms with van der Waals surface area (Å²) in [5, 5.41) is 41.1. The van der Waals surface area contributed by atoms with Gasteiger partial charge >= 0.3 is 29.6 Å². The Morgan fingerprint density at radius 3 is 1.43 bits per heavy atom. The van der Waals surface area contributed by atoms with E-state index >= 15 is 0 Å². The summed E-state index contributed by atoms with van der Waals surface area (Å²) >= 11 is 0. The second-order valence-electron chi connectivity index (χ2n) is 11.4. The number of benzene rings is 4. The summed E-state index contributed by atoms with van der Waals surface area (Å²) < 4.78 is 49.2. The number of sulfone groups is 2. The number of azo groups is 2. The fourth-order valence-electron chi connectivity index (χ4n) is 4.67. The summed E-state index contributed by atoms with van der Waals surface area (Å²) in [7, 11) is -6.92. The number of hydrogen-bond acceptors (Lipinski definition) is 11. The van der Waals surface area contributed by atoms with Crippen molar-refractivity contribution in [2.45, 2.75) is 23.6 Å². The monoisotopic (exact) mass is 826 g/mol. The summed E-state index contributed by atoms with van der Waals surface area (Å²) in [6.45, 7) is 3.34. The third kappa shape index (κ3) is 10.2. The van der Waals surface area contributed by atoms with E-state index in [1.807, 2.05) is 24.3 Å². The van der Waals surface area contributed by atoms with Crippen LogP contribution in [0, 0.1) is 13.8 Å². The van der Waals surface area contributed by atoms with Gasteiger partial charge in [-0.1, -0.05) is 48.2 Å². The van der Waals surface area contributed by atoms with Crippen molar-refractivity contribution in [3.05, 3.63) is 129 Å². The number of nitrogens with one attached hydrogen (secondary N) is 2. The Kier molecular flexibility index (Phi) is 14.5. The standard InChI is InChI=1S/2C17H16N4O4S.Co.Na/c2*1-11-16(17(23)21(20-11)12-6-4-3-5-7-12)19-18-14-10-13(26(2,24)25)8-9-15(14)22;;/h2*3-10,20,22H,1-2H3;;/q;;;+1. The number of H-pyrrole nitrogens is 2. The number of hydrogen-bond donors (Lipinski definition) is 2. The van der Waals surface area contributed by atoms with E-state index in [1.165, 1.54) is 33.6 Å². The van der Waals surface area contributed by atoms with Crippen LogP contribution >= 0.6 is 0 Å². The van der Waals surface area contributed by atoms with E-state index in [0.717, 1.165) is 24.6 Å². The van der Waals surface area contributed by atoms with Gasteiger partial charge in [-0.05, 0) is 62.4 Å². The molecule has 277 valence electrons. The van der Waals surface area contributed by atoms with Crippen LogP contribution in [0.25, 0.3) is 11.4 Å². The molecule has 0 aliphatic rings. The third-order valence-corrected chi connectivity index (χ3v) is 9.60. The summed E-state index contributed by atoms with van der Waals surface area (Å²) in [5.41, 5.74) is 1.50. The van der Waals surface area contributed by atoms with Crippen LogP contribution in [0.3, 0.4) is 0 Å². The molecule has 0 amide bonds. The first-order chi connectivity index (χ1) is 24.5. The van der Waals surface area contributed by atoms with Gasteiger partial charge in [-0.3, -0.25) is 19.8 Å². The van der Waals surface area contributed by atoms with Gasteiger partial charge in [-0.15, -0.1) is 15.3 Å². The number of rotatable bonds is 8. The van der Waals surface area contributed by atoms with Crippen LogP contribution < -0.4 is 45.8 Å². The molecule has 0 spiro atoms. The van der Waals surface area contributed by atoms with Crippen molar-refractivity contribution >= 4 is 42.4 Å². The molecular weight excluding hydrogens is 794 g/mol. The third-order valence-electron chi connectivity index (χ3n) is 7.38. The first-order valence-corrected chi connectivity index (χ1v) is 19.0. The van der Waals surface area contributed by atoms with Crippen LogP contribution in [0.5, 0.6) is 11.5 Å². The normalized spacial score (nSPS) is 11.5. The maximum atomic E-state index is 12.6. The van der Waals surface area contributed by atoms with Crippen LogP contribution in [0.4, 0.5) is 22.7 Å². The van der Waals surface area contributed by atoms with Crippen molar-refractivity contribution in [1.82, 2.24) is 19.6 Å². The molecule has 2 heterocycles. The second-order valence-corrected chi connectivity index (χ2v) is 15.4. The minimum Gasteiger partial charge on any atom is -0.871 e. The predicted molar refractivity (Wildman–Crippen MR) is 192 cm³/mol. The molecule has 0 fully saturated rings. The Bertz CT molecular complexity index is 2490. The van der Waals surface area contributed by atoms with Crippen molar-refractivity contribution in [2.75, 3.05) is 12.5 Å². The maximum absolute atomic E-state index is 12.6. The quantitative estimate of drug-likeness (QED) is 0.132. The van der Waals surface area contributed by atoms with Crippen molar-refractivity contribution < 1.29 is 73.4 Å². The molecule has 0 saturated carbocycles. The van der Waals surface area contributed by atoms with Gasteiger partial charge in [-0.2, -0.15) is 5.11 Å². The SMILES string of the molecule is Cc1[nH]n(-c2ccccc2)c(=O)c1N=Nc1cc(S(C)(=O)=O)ccc1[O-].Cc1[nH]n(-c2ccccc2)c(=O)c1N=Nc1cc(S(C)(=O)=O)ccc1[OH2+].[Co].[Na+]. The van der Waals surface area contributed by atoms with Crippen molar-refractivity contribution in [2.24, 2.45) is 20.5 Å². The van der Waals surface area contributed by atoms with Gasteiger partial charge < -0.3 is 10.2 Å². The predicted octanol–water partition coefficient (Wildman–Crippen LogP) is 2.10. The Labute approximate surface area is 341 Å². The fraction of sp³-hybridized carbons (Fsp3) is 0.118. The molecule has 4 N–H and O–H groups in total. The Morgan fingerprint density at radius 2 is 1.00 bits per heavy atom. The van der Waals surface area contributed by atoms with Crippen molar-refractivity contribution in [3.8, 4) is 22.9 Å². The maximum Gasteiger partial charge on any atom is 1.00 e. The number of aromatic nitrogens is 4. The average molecular weight is 827 g/mol. The van der Waals surface area contributed by atoms with Crippen LogP contribution in [0.2, 0.25) is 0 Å². The molecule has 0 unspecified atom stereocenters. The van der Waals surface area contributed by atoms with E-state index in [-0.39, 0.29) is 90.2 Å². The van der Waals surface area contributed by atoms with Crippen LogP contribution in [-0.2, 0) is 36.5 Å². The second kappa shape index (κ2) is 18.0. The molecule has 20 heteroatoms. The summed E-state index contributed by atoms with van der Waals surface area (Å²) in [6.07, 6.45) is 2.10. The first kappa shape index (κ1) is 43.5. The molecule has 1 radical (unpaired) electrons. The van der Waals surface area contributed by atoms with E-state index in [2.05, 4.69) is 30.7 Å². The van der Waals surface area contributed by atoms with Gasteiger partial charge in [-0.25, -0.2) is 26.2 Å². The number of para-hydroxylation sites is 2. The zero-order valence-corrected chi connectivity index (χ0v) is 34.1. The smallest absolute Gasteiger partial charge is 0.871 e. The van der Waals surface area contributed by atoms with Gasteiger partial charge in [0, 0.05) is 35.4 Å². The Hall–Kier alpha value is -4.89. The van der Waals surface area contributed by atoms with Crippen molar-refractivity contribution in [1.29, 1.82) is 0 Å². The average Bonchev–Trinajstić information content (AvgIpc) is 3.56. The molecule has 0 aliphatic heterocycles. The number of aryl methyl sites for hydroxylation is 2. The van der Waals surface area contributed by atoms with E-state index < -0.39 is 31.0 Å². The van der Waals surface area contributed by atoms with Gasteiger partial charge in [0.05, 0.1) is 38.2 Å². The summed E-state index contributed by atoms with van der Waals surface area (Å²) in [4.78, 5) is 25.1. The van der Waals surface area contributed by atoms with E-state index in [4.69, 9.17) is 5.11 Å². The molecule has 2 aromatic heterocycles. The van der Waals surface area contributed by atoms with Gasteiger partial charge in [0.1, 0.15) is 0 Å². The van der Waals surface area contributed by atoms with E-state index in [9.17, 15) is 31.5 Å². The van der Waals surface area contributed by atoms with Gasteiger partial charge in [0.15, 0.2) is 36.7 Å². The zero-order chi connectivity index (χ0) is 37.8. The minimum absolute atomic E-state index is 0. The topological polar surface area (TPSA) is 239 Å². The van der Waals surface area contributed by atoms with E-state index in [1.54, 1.807) is 50.2 Å². The van der Waals surface area contributed by atoms with Gasteiger partial charge in [0.25, 0.3) is 16.9 Å². The van der Waals surface area contributed by atoms with Crippen LogP contribution in [-0.4, -0.2) is 54.0 Å². The minimum atomic E-state index is -3.49. The summed E-state index contributed by atoms with van der Waals surface area (Å²) in [5.74, 6) is -0.476. The number of aromatic amines is 2. The molecule has 0 bridgehead atoms. The Balaban J connectivity index is 0.000000280.